The van der Waals surface area contributed by atoms with Crippen molar-refractivity contribution >= 4 is 40.5 Å². The molecule has 0 unspecified atom stereocenters. The molecule has 2 saturated carbocycles. The number of thiophene rings is 1. The van der Waals surface area contributed by atoms with Gasteiger partial charge < -0.3 is 19.3 Å². The highest BCUT2D eigenvalue weighted by Gasteiger charge is 2.38. The van der Waals surface area contributed by atoms with Crippen LogP contribution in [-0.4, -0.2) is 33.7 Å². The molecule has 2 aromatic rings. The Labute approximate surface area is 235 Å². The van der Waals surface area contributed by atoms with Gasteiger partial charge in [0.1, 0.15) is 16.1 Å². The van der Waals surface area contributed by atoms with Gasteiger partial charge in [0, 0.05) is 30.5 Å². The highest BCUT2D eigenvalue weighted by molar-refractivity contribution is 7.15. The highest BCUT2D eigenvalue weighted by Crippen LogP contribution is 2.39. The molecule has 0 spiro atoms. The number of carbonyl (C=O) groups excluding carboxylic acids is 1. The number of aromatic carboxylic acids is 1. The molecule has 2 aliphatic carbocycles. The smallest absolute Gasteiger partial charge is 0.348 e. The fourth-order valence-corrected chi connectivity index (χ4v) is 6.39. The molecule has 38 heavy (non-hydrogen) atoms. The summed E-state index contributed by atoms with van der Waals surface area (Å²) in [4.78, 5) is 29.1. The lowest BCUT2D eigenvalue weighted by Crippen LogP contribution is -2.47. The van der Waals surface area contributed by atoms with E-state index in [1.807, 2.05) is 55.5 Å². The lowest BCUT2D eigenvalue weighted by Gasteiger charge is -2.39. The molecule has 1 amide bonds. The fourth-order valence-electron chi connectivity index (χ4n) is 5.40. The number of ether oxygens (including phenoxy) is 1. The summed E-state index contributed by atoms with van der Waals surface area (Å²) in [6, 6.07) is 5.44. The quantitative estimate of drug-likeness (QED) is 0.375. The number of amides is 1. The van der Waals surface area contributed by atoms with Gasteiger partial charge in [-0.25, -0.2) is 4.79 Å². The Bertz CT molecular complexity index is 1220. The van der Waals surface area contributed by atoms with Crippen molar-refractivity contribution in [1.82, 2.24) is 4.57 Å². The second kappa shape index (κ2) is 11.8. The van der Waals surface area contributed by atoms with Gasteiger partial charge in [-0.05, 0) is 90.2 Å². The van der Waals surface area contributed by atoms with Crippen molar-refractivity contribution in [3.63, 3.8) is 0 Å². The molecule has 6 nitrogen and oxygen atoms in total. The summed E-state index contributed by atoms with van der Waals surface area (Å²) < 4.78 is 8.04. The molecule has 1 N–H and O–H groups in total. The van der Waals surface area contributed by atoms with Crippen molar-refractivity contribution < 1.29 is 19.4 Å². The molecule has 0 saturated heterocycles. The van der Waals surface area contributed by atoms with Gasteiger partial charge in [0.25, 0.3) is 0 Å². The van der Waals surface area contributed by atoms with Crippen LogP contribution in [0.2, 0.25) is 5.15 Å². The molecule has 4 rings (SSSR count). The van der Waals surface area contributed by atoms with Gasteiger partial charge in [0.05, 0.1) is 10.6 Å². The van der Waals surface area contributed by atoms with Crippen LogP contribution in [0.15, 0.2) is 18.2 Å². The Morgan fingerprint density at radius 1 is 1.11 bits per heavy atom. The summed E-state index contributed by atoms with van der Waals surface area (Å²) in [6.07, 6.45) is 6.84. The Kier molecular flexibility index (Phi) is 8.84. The SMILES string of the molecule is Cn1c(Cl)ccc1O[C@H]1CC[C@H](N(c2cc(C#CC(C)(C)C)sc2C(=O)O)C(=O)[C@H]2CC[C@H](C)CC2)CC1. The van der Waals surface area contributed by atoms with Crippen molar-refractivity contribution in [2.24, 2.45) is 24.3 Å². The molecule has 8 heteroatoms. The van der Waals surface area contributed by atoms with Crippen LogP contribution >= 0.6 is 22.9 Å². The van der Waals surface area contributed by atoms with E-state index in [9.17, 15) is 14.7 Å². The summed E-state index contributed by atoms with van der Waals surface area (Å²) in [5, 5.41) is 10.7. The summed E-state index contributed by atoms with van der Waals surface area (Å²) in [5.41, 5.74) is 0.297. The van der Waals surface area contributed by atoms with E-state index in [-0.39, 0.29) is 34.3 Å². The second-order valence-corrected chi connectivity index (χ2v) is 13.3. The fraction of sp³-hybridized carbons (Fsp3) is 0.600. The number of rotatable bonds is 6. The zero-order valence-electron chi connectivity index (χ0n) is 23.1. The van der Waals surface area contributed by atoms with Crippen LogP contribution in [0.3, 0.4) is 0 Å². The van der Waals surface area contributed by atoms with Gasteiger partial charge in [-0.2, -0.15) is 0 Å². The van der Waals surface area contributed by atoms with Crippen molar-refractivity contribution in [1.29, 1.82) is 0 Å². The summed E-state index contributed by atoms with van der Waals surface area (Å²) in [5.74, 6) is 6.70. The number of halogens is 1. The minimum Gasteiger partial charge on any atom is -0.477 e. The minimum atomic E-state index is -1.01. The molecular weight excluding hydrogens is 520 g/mol. The Morgan fingerprint density at radius 2 is 1.76 bits per heavy atom. The number of nitrogens with zero attached hydrogens (tertiary/aromatic N) is 2. The molecule has 0 aliphatic heterocycles. The largest absolute Gasteiger partial charge is 0.477 e. The first kappa shape index (κ1) is 28.6. The molecule has 206 valence electrons. The third-order valence-corrected chi connectivity index (χ3v) is 9.05. The Hall–Kier alpha value is -2.43. The minimum absolute atomic E-state index is 0.0260. The lowest BCUT2D eigenvalue weighted by molar-refractivity contribution is -0.124. The number of hydrogen-bond donors (Lipinski definition) is 1. The first-order valence-electron chi connectivity index (χ1n) is 13.6. The maximum absolute atomic E-state index is 14.1. The van der Waals surface area contributed by atoms with Crippen LogP contribution in [0.1, 0.15) is 93.6 Å². The number of aromatic nitrogens is 1. The van der Waals surface area contributed by atoms with E-state index in [0.29, 0.717) is 21.6 Å². The lowest BCUT2D eigenvalue weighted by atomic mass is 9.81. The summed E-state index contributed by atoms with van der Waals surface area (Å²) >= 11 is 7.33. The van der Waals surface area contributed by atoms with Crippen LogP contribution in [0.4, 0.5) is 5.69 Å². The molecule has 2 aliphatic rings. The number of anilines is 1. The Morgan fingerprint density at radius 3 is 2.32 bits per heavy atom. The maximum Gasteiger partial charge on any atom is 0.348 e. The topological polar surface area (TPSA) is 71.8 Å². The number of carboxylic acids is 1. The molecule has 2 heterocycles. The van der Waals surface area contributed by atoms with Crippen molar-refractivity contribution in [2.45, 2.75) is 91.2 Å². The van der Waals surface area contributed by atoms with Gasteiger partial charge in [-0.1, -0.05) is 30.4 Å². The van der Waals surface area contributed by atoms with E-state index in [1.54, 1.807) is 0 Å². The molecule has 0 radical (unpaired) electrons. The number of carbonyl (C=O) groups is 2. The predicted molar refractivity (Wildman–Crippen MR) is 153 cm³/mol. The van der Waals surface area contributed by atoms with Crippen LogP contribution < -0.4 is 9.64 Å². The van der Waals surface area contributed by atoms with Gasteiger partial charge in [0.2, 0.25) is 5.91 Å². The number of carboxylic acid groups (broad SMARTS) is 1. The third-order valence-electron chi connectivity index (χ3n) is 7.64. The summed E-state index contributed by atoms with van der Waals surface area (Å²) in [7, 11) is 1.87. The second-order valence-electron chi connectivity index (χ2n) is 11.9. The molecule has 0 bridgehead atoms. The average Bonchev–Trinajstić information content (AvgIpc) is 3.43. The Balaban J connectivity index is 1.61. The van der Waals surface area contributed by atoms with E-state index in [4.69, 9.17) is 16.3 Å². The van der Waals surface area contributed by atoms with Crippen molar-refractivity contribution in [3.8, 4) is 17.7 Å². The summed E-state index contributed by atoms with van der Waals surface area (Å²) in [6.45, 7) is 8.31. The monoisotopic (exact) mass is 558 g/mol. The van der Waals surface area contributed by atoms with Crippen LogP contribution in [0.25, 0.3) is 0 Å². The van der Waals surface area contributed by atoms with E-state index in [2.05, 4.69) is 18.8 Å². The zero-order valence-corrected chi connectivity index (χ0v) is 24.6. The van der Waals surface area contributed by atoms with E-state index in [1.165, 1.54) is 0 Å². The molecule has 0 aromatic carbocycles. The van der Waals surface area contributed by atoms with E-state index < -0.39 is 5.97 Å². The van der Waals surface area contributed by atoms with Gasteiger partial charge >= 0.3 is 5.97 Å². The molecule has 2 fully saturated rings. The zero-order chi connectivity index (χ0) is 27.6. The first-order chi connectivity index (χ1) is 17.9. The first-order valence-corrected chi connectivity index (χ1v) is 14.8. The van der Waals surface area contributed by atoms with Crippen LogP contribution in [0, 0.1) is 29.1 Å². The van der Waals surface area contributed by atoms with Gasteiger partial charge in [0.15, 0.2) is 5.88 Å². The van der Waals surface area contributed by atoms with Crippen molar-refractivity contribution in [3.05, 3.63) is 33.1 Å². The molecular formula is C30H39ClN2O4S. The van der Waals surface area contributed by atoms with Gasteiger partial charge in [-0.3, -0.25) is 4.79 Å². The maximum atomic E-state index is 14.1. The molecule has 0 atom stereocenters. The highest BCUT2D eigenvalue weighted by atomic mass is 35.5. The van der Waals surface area contributed by atoms with E-state index >= 15 is 0 Å². The van der Waals surface area contributed by atoms with Crippen LogP contribution in [0.5, 0.6) is 5.88 Å². The third kappa shape index (κ3) is 6.76. The van der Waals surface area contributed by atoms with Crippen LogP contribution in [-0.2, 0) is 11.8 Å². The average molecular weight is 559 g/mol. The normalized spacial score (nSPS) is 23.8. The number of hydrogen-bond acceptors (Lipinski definition) is 4. The standard InChI is InChI=1S/C30H39ClN2O4S/c1-19-6-8-20(9-7-19)28(34)33(24-18-23(16-17-30(2,3)4)38-27(24)29(35)36)21-10-12-22(13-11-21)37-26-15-14-25(31)32(26)5/h14-15,18-22H,6-13H2,1-5H3,(H,35,36)/t19-,20-,21-,22-. The van der Waals surface area contributed by atoms with Crippen molar-refractivity contribution in [2.75, 3.05) is 4.90 Å². The van der Waals surface area contributed by atoms with Gasteiger partial charge in [-0.15, -0.1) is 11.3 Å². The van der Waals surface area contributed by atoms with E-state index in [0.717, 1.165) is 68.6 Å². The molecule has 2 aromatic heterocycles. The predicted octanol–water partition coefficient (Wildman–Crippen LogP) is 7.39.